The third-order valence-electron chi connectivity index (χ3n) is 4.66. The minimum absolute atomic E-state index is 0. The number of rotatable bonds is 9. The number of primary amides is 1. The standard InChI is InChI=1S/C22H27N3O4.ClH/c23-21(26)14-25(22(27)12-19-16-28-11-10-24-19)13-17-6-8-20(9-7-17)29-15-18-4-2-1-3-5-18;/h1-9,19,24H,10-16H2,(H2,23,26);1H. The molecule has 162 valence electrons. The van der Waals surface area contributed by atoms with E-state index in [9.17, 15) is 9.59 Å². The Morgan fingerprint density at radius 3 is 2.47 bits per heavy atom. The van der Waals surface area contributed by atoms with Crippen LogP contribution in [-0.4, -0.2) is 49.1 Å². The van der Waals surface area contributed by atoms with Gasteiger partial charge in [-0.15, -0.1) is 12.4 Å². The van der Waals surface area contributed by atoms with E-state index in [4.69, 9.17) is 15.2 Å². The molecule has 1 fully saturated rings. The first-order chi connectivity index (χ1) is 14.1. The highest BCUT2D eigenvalue weighted by Crippen LogP contribution is 2.16. The van der Waals surface area contributed by atoms with E-state index in [1.54, 1.807) is 0 Å². The summed E-state index contributed by atoms with van der Waals surface area (Å²) in [7, 11) is 0. The van der Waals surface area contributed by atoms with Crippen molar-refractivity contribution in [1.29, 1.82) is 0 Å². The number of halogens is 1. The number of hydrogen-bond acceptors (Lipinski definition) is 5. The van der Waals surface area contributed by atoms with Crippen LogP contribution in [0.15, 0.2) is 54.6 Å². The quantitative estimate of drug-likeness (QED) is 0.629. The lowest BCUT2D eigenvalue weighted by atomic mass is 10.1. The maximum Gasteiger partial charge on any atom is 0.237 e. The molecule has 0 saturated carbocycles. The smallest absolute Gasteiger partial charge is 0.237 e. The zero-order valence-electron chi connectivity index (χ0n) is 16.8. The second-order valence-corrected chi connectivity index (χ2v) is 7.06. The van der Waals surface area contributed by atoms with E-state index in [0.29, 0.717) is 26.4 Å². The molecule has 0 aromatic heterocycles. The van der Waals surface area contributed by atoms with Gasteiger partial charge in [-0.1, -0.05) is 42.5 Å². The molecule has 2 amide bonds. The van der Waals surface area contributed by atoms with Crippen LogP contribution in [0.5, 0.6) is 5.75 Å². The van der Waals surface area contributed by atoms with Gasteiger partial charge in [-0.3, -0.25) is 9.59 Å². The van der Waals surface area contributed by atoms with Crippen molar-refractivity contribution in [3.63, 3.8) is 0 Å². The molecular formula is C22H28ClN3O4. The molecule has 0 radical (unpaired) electrons. The Morgan fingerprint density at radius 2 is 1.83 bits per heavy atom. The van der Waals surface area contributed by atoms with Crippen molar-refractivity contribution < 1.29 is 19.1 Å². The first-order valence-electron chi connectivity index (χ1n) is 9.73. The van der Waals surface area contributed by atoms with Crippen LogP contribution >= 0.6 is 12.4 Å². The third kappa shape index (κ3) is 7.67. The summed E-state index contributed by atoms with van der Waals surface area (Å²) >= 11 is 0. The Balaban J connectivity index is 0.00000320. The van der Waals surface area contributed by atoms with Gasteiger partial charge in [-0.05, 0) is 23.3 Å². The van der Waals surface area contributed by atoms with Gasteiger partial charge in [0.25, 0.3) is 0 Å². The van der Waals surface area contributed by atoms with Crippen molar-refractivity contribution in [2.75, 3.05) is 26.3 Å². The van der Waals surface area contributed by atoms with Crippen molar-refractivity contribution in [1.82, 2.24) is 10.2 Å². The predicted molar refractivity (Wildman–Crippen MR) is 116 cm³/mol. The average Bonchev–Trinajstić information content (AvgIpc) is 2.74. The van der Waals surface area contributed by atoms with Crippen molar-refractivity contribution in [2.45, 2.75) is 25.6 Å². The van der Waals surface area contributed by atoms with Gasteiger partial charge >= 0.3 is 0 Å². The Morgan fingerprint density at radius 1 is 1.10 bits per heavy atom. The van der Waals surface area contributed by atoms with Gasteiger partial charge in [-0.2, -0.15) is 0 Å². The molecule has 3 N–H and O–H groups in total. The van der Waals surface area contributed by atoms with Crippen LogP contribution in [0, 0.1) is 0 Å². The molecule has 0 aliphatic carbocycles. The summed E-state index contributed by atoms with van der Waals surface area (Å²) < 4.78 is 11.2. The van der Waals surface area contributed by atoms with E-state index in [1.807, 2.05) is 54.6 Å². The van der Waals surface area contributed by atoms with Crippen LogP contribution in [-0.2, 0) is 27.5 Å². The molecule has 2 aromatic carbocycles. The van der Waals surface area contributed by atoms with Gasteiger partial charge in [0, 0.05) is 25.6 Å². The second-order valence-electron chi connectivity index (χ2n) is 7.06. The molecule has 7 nitrogen and oxygen atoms in total. The molecule has 30 heavy (non-hydrogen) atoms. The monoisotopic (exact) mass is 433 g/mol. The topological polar surface area (TPSA) is 93.9 Å². The van der Waals surface area contributed by atoms with Gasteiger partial charge in [0.2, 0.25) is 11.8 Å². The minimum Gasteiger partial charge on any atom is -0.489 e. The first-order valence-corrected chi connectivity index (χ1v) is 9.73. The molecule has 1 saturated heterocycles. The SMILES string of the molecule is Cl.NC(=O)CN(Cc1ccc(OCc2ccccc2)cc1)C(=O)CC1COCCN1. The lowest BCUT2D eigenvalue weighted by Crippen LogP contribution is -2.46. The van der Waals surface area contributed by atoms with Crippen LogP contribution in [0.3, 0.4) is 0 Å². The lowest BCUT2D eigenvalue weighted by molar-refractivity contribution is -0.136. The lowest BCUT2D eigenvalue weighted by Gasteiger charge is -2.27. The van der Waals surface area contributed by atoms with Crippen LogP contribution < -0.4 is 15.8 Å². The summed E-state index contributed by atoms with van der Waals surface area (Å²) in [6, 6.07) is 17.4. The Hall–Kier alpha value is -2.61. The largest absolute Gasteiger partial charge is 0.489 e. The second kappa shape index (κ2) is 12.2. The summed E-state index contributed by atoms with van der Waals surface area (Å²) in [6.07, 6.45) is 0.269. The Bertz CT molecular complexity index is 796. The highest BCUT2D eigenvalue weighted by Gasteiger charge is 2.22. The number of ether oxygens (including phenoxy) is 2. The van der Waals surface area contributed by atoms with Crippen molar-refractivity contribution >= 4 is 24.2 Å². The number of carbonyl (C=O) groups is 2. The van der Waals surface area contributed by atoms with Crippen molar-refractivity contribution in [3.8, 4) is 5.75 Å². The first kappa shape index (κ1) is 23.7. The molecule has 8 heteroatoms. The number of nitrogens with zero attached hydrogens (tertiary/aromatic N) is 1. The van der Waals surface area contributed by atoms with E-state index >= 15 is 0 Å². The summed E-state index contributed by atoms with van der Waals surface area (Å²) in [5, 5.41) is 3.25. The van der Waals surface area contributed by atoms with Gasteiger partial charge in [0.15, 0.2) is 0 Å². The van der Waals surface area contributed by atoms with Crippen LogP contribution in [0.4, 0.5) is 0 Å². The molecule has 2 aromatic rings. The van der Waals surface area contributed by atoms with E-state index in [0.717, 1.165) is 23.4 Å². The average molecular weight is 434 g/mol. The summed E-state index contributed by atoms with van der Waals surface area (Å²) in [4.78, 5) is 25.6. The highest BCUT2D eigenvalue weighted by molar-refractivity contribution is 5.85. The van der Waals surface area contributed by atoms with Gasteiger partial charge in [0.1, 0.15) is 12.4 Å². The molecule has 3 rings (SSSR count). The van der Waals surface area contributed by atoms with Gasteiger partial charge in [0.05, 0.1) is 19.8 Å². The maximum atomic E-state index is 12.7. The minimum atomic E-state index is -0.533. The van der Waals surface area contributed by atoms with Crippen LogP contribution in [0.2, 0.25) is 0 Å². The Labute approximate surface area is 182 Å². The molecule has 1 atom stereocenters. The number of benzene rings is 2. The molecular weight excluding hydrogens is 406 g/mol. The molecule has 1 aliphatic heterocycles. The fourth-order valence-electron chi connectivity index (χ4n) is 3.16. The zero-order chi connectivity index (χ0) is 20.5. The number of hydrogen-bond donors (Lipinski definition) is 2. The Kier molecular flexibility index (Phi) is 9.60. The number of nitrogens with two attached hydrogens (primary N) is 1. The van der Waals surface area contributed by atoms with Gasteiger partial charge in [-0.25, -0.2) is 0 Å². The third-order valence-corrected chi connectivity index (χ3v) is 4.66. The normalized spacial score (nSPS) is 15.7. The van der Waals surface area contributed by atoms with Crippen molar-refractivity contribution in [3.05, 3.63) is 65.7 Å². The fraction of sp³-hybridized carbons (Fsp3) is 0.364. The van der Waals surface area contributed by atoms with E-state index in [1.165, 1.54) is 4.90 Å². The van der Waals surface area contributed by atoms with E-state index in [2.05, 4.69) is 5.32 Å². The van der Waals surface area contributed by atoms with Gasteiger partial charge < -0.3 is 25.4 Å². The van der Waals surface area contributed by atoms with Crippen LogP contribution in [0.25, 0.3) is 0 Å². The van der Waals surface area contributed by atoms with E-state index < -0.39 is 5.91 Å². The fourth-order valence-corrected chi connectivity index (χ4v) is 3.16. The van der Waals surface area contributed by atoms with Crippen LogP contribution in [0.1, 0.15) is 17.5 Å². The van der Waals surface area contributed by atoms with E-state index in [-0.39, 0.29) is 37.3 Å². The number of amides is 2. The molecule has 0 bridgehead atoms. The highest BCUT2D eigenvalue weighted by atomic mass is 35.5. The molecule has 1 aliphatic rings. The number of nitrogens with one attached hydrogen (secondary N) is 1. The summed E-state index contributed by atoms with van der Waals surface area (Å²) in [5.74, 6) is 0.0826. The van der Waals surface area contributed by atoms with Crippen molar-refractivity contribution in [2.24, 2.45) is 5.73 Å². The maximum absolute atomic E-state index is 12.7. The summed E-state index contributed by atoms with van der Waals surface area (Å²) in [6.45, 7) is 2.55. The number of morpholine rings is 1. The number of carbonyl (C=O) groups excluding carboxylic acids is 2. The summed E-state index contributed by atoms with van der Waals surface area (Å²) in [5.41, 5.74) is 7.34. The predicted octanol–water partition coefficient (Wildman–Crippen LogP) is 1.88. The zero-order valence-corrected chi connectivity index (χ0v) is 17.6. The molecule has 1 heterocycles. The molecule has 0 spiro atoms. The molecule has 1 unspecified atom stereocenters.